The second kappa shape index (κ2) is 5.78. The second-order valence-electron chi connectivity index (χ2n) is 4.18. The smallest absolute Gasteiger partial charge is 0.0991 e. The summed E-state index contributed by atoms with van der Waals surface area (Å²) in [5.74, 6) is 0. The first-order chi connectivity index (χ1) is 8.29. The van der Waals surface area contributed by atoms with Gasteiger partial charge in [0.15, 0.2) is 0 Å². The van der Waals surface area contributed by atoms with Crippen LogP contribution in [0.15, 0.2) is 24.3 Å². The van der Waals surface area contributed by atoms with Crippen molar-refractivity contribution in [2.45, 2.75) is 13.0 Å². The van der Waals surface area contributed by atoms with Gasteiger partial charge in [0.25, 0.3) is 0 Å². The lowest BCUT2D eigenvalue weighted by Crippen LogP contribution is -2.46. The van der Waals surface area contributed by atoms with Crippen LogP contribution in [0.25, 0.3) is 0 Å². The van der Waals surface area contributed by atoms with Gasteiger partial charge in [-0.25, -0.2) is 10.4 Å². The standard InChI is InChI=1S/C13H17N3O/c1-11(15-16-6-8-17-9-7-16)13-4-2-12(10-14)3-5-13/h2-5,11,15H,6-9H2,1H3. The van der Waals surface area contributed by atoms with Crippen LogP contribution in [0.4, 0.5) is 0 Å². The fourth-order valence-corrected chi connectivity index (χ4v) is 1.89. The van der Waals surface area contributed by atoms with Gasteiger partial charge in [-0.1, -0.05) is 12.1 Å². The van der Waals surface area contributed by atoms with Gasteiger partial charge in [-0.3, -0.25) is 0 Å². The number of hydrazine groups is 1. The van der Waals surface area contributed by atoms with Gasteiger partial charge in [0.05, 0.1) is 24.8 Å². The molecular weight excluding hydrogens is 214 g/mol. The molecule has 0 spiro atoms. The van der Waals surface area contributed by atoms with Crippen LogP contribution < -0.4 is 5.43 Å². The number of benzene rings is 1. The molecule has 17 heavy (non-hydrogen) atoms. The maximum Gasteiger partial charge on any atom is 0.0991 e. The monoisotopic (exact) mass is 231 g/mol. The van der Waals surface area contributed by atoms with Gasteiger partial charge in [0.1, 0.15) is 0 Å². The number of morpholine rings is 1. The summed E-state index contributed by atoms with van der Waals surface area (Å²) in [4.78, 5) is 0. The molecule has 1 unspecified atom stereocenters. The SMILES string of the molecule is CC(NN1CCOCC1)c1ccc(C#N)cc1. The molecule has 1 heterocycles. The Morgan fingerprint density at radius 2 is 1.94 bits per heavy atom. The molecule has 4 heteroatoms. The molecule has 2 rings (SSSR count). The molecule has 1 aliphatic heterocycles. The summed E-state index contributed by atoms with van der Waals surface area (Å²) in [7, 11) is 0. The Morgan fingerprint density at radius 3 is 2.53 bits per heavy atom. The normalized spacial score (nSPS) is 18.6. The lowest BCUT2D eigenvalue weighted by atomic mass is 10.1. The molecule has 1 aromatic rings. The fraction of sp³-hybridized carbons (Fsp3) is 0.462. The molecule has 1 aliphatic rings. The zero-order valence-electron chi connectivity index (χ0n) is 10.0. The van der Waals surface area contributed by atoms with E-state index < -0.39 is 0 Å². The van der Waals surface area contributed by atoms with E-state index in [0.29, 0.717) is 5.56 Å². The number of ether oxygens (including phenoxy) is 1. The molecule has 0 aromatic heterocycles. The van der Waals surface area contributed by atoms with Crippen molar-refractivity contribution in [1.82, 2.24) is 10.4 Å². The van der Waals surface area contributed by atoms with E-state index in [9.17, 15) is 0 Å². The molecule has 1 atom stereocenters. The van der Waals surface area contributed by atoms with Crippen LogP contribution in [0.1, 0.15) is 24.1 Å². The van der Waals surface area contributed by atoms with E-state index in [1.807, 2.05) is 24.3 Å². The van der Waals surface area contributed by atoms with Crippen LogP contribution in [0.5, 0.6) is 0 Å². The zero-order chi connectivity index (χ0) is 12.1. The van der Waals surface area contributed by atoms with Crippen LogP contribution in [-0.2, 0) is 4.74 Å². The van der Waals surface area contributed by atoms with Crippen molar-refractivity contribution in [2.24, 2.45) is 0 Å². The Hall–Kier alpha value is -1.41. The third-order valence-corrected chi connectivity index (χ3v) is 2.93. The average molecular weight is 231 g/mol. The summed E-state index contributed by atoms with van der Waals surface area (Å²) >= 11 is 0. The summed E-state index contributed by atoms with van der Waals surface area (Å²) in [6.07, 6.45) is 0. The molecule has 1 saturated heterocycles. The van der Waals surface area contributed by atoms with Crippen molar-refractivity contribution < 1.29 is 4.74 Å². The number of hydrogen-bond acceptors (Lipinski definition) is 4. The minimum atomic E-state index is 0.251. The molecule has 90 valence electrons. The van der Waals surface area contributed by atoms with Crippen molar-refractivity contribution in [3.63, 3.8) is 0 Å². The van der Waals surface area contributed by atoms with Gasteiger partial charge in [0, 0.05) is 19.1 Å². The maximum absolute atomic E-state index is 8.74. The summed E-state index contributed by atoms with van der Waals surface area (Å²) < 4.78 is 5.30. The molecule has 1 fully saturated rings. The molecule has 4 nitrogen and oxygen atoms in total. The minimum Gasteiger partial charge on any atom is -0.379 e. The largest absolute Gasteiger partial charge is 0.379 e. The van der Waals surface area contributed by atoms with Crippen molar-refractivity contribution in [1.29, 1.82) is 5.26 Å². The van der Waals surface area contributed by atoms with Gasteiger partial charge in [-0.15, -0.1) is 0 Å². The summed E-state index contributed by atoms with van der Waals surface area (Å²) in [6, 6.07) is 10.1. The van der Waals surface area contributed by atoms with Crippen molar-refractivity contribution in [2.75, 3.05) is 26.3 Å². The topological polar surface area (TPSA) is 48.3 Å². The number of hydrogen-bond donors (Lipinski definition) is 1. The van der Waals surface area contributed by atoms with E-state index in [1.54, 1.807) is 0 Å². The first kappa shape index (κ1) is 12.1. The summed E-state index contributed by atoms with van der Waals surface area (Å²) in [5.41, 5.74) is 5.33. The molecular formula is C13H17N3O. The van der Waals surface area contributed by atoms with Crippen LogP contribution >= 0.6 is 0 Å². The van der Waals surface area contributed by atoms with E-state index in [2.05, 4.69) is 23.4 Å². The van der Waals surface area contributed by atoms with Crippen LogP contribution in [-0.4, -0.2) is 31.3 Å². The zero-order valence-corrected chi connectivity index (χ0v) is 10.0. The first-order valence-corrected chi connectivity index (χ1v) is 5.88. The number of rotatable bonds is 3. The molecule has 0 amide bonds. The maximum atomic E-state index is 8.74. The van der Waals surface area contributed by atoms with Crippen molar-refractivity contribution >= 4 is 0 Å². The van der Waals surface area contributed by atoms with Gasteiger partial charge in [-0.2, -0.15) is 5.26 Å². The Labute approximate surface area is 102 Å². The minimum absolute atomic E-state index is 0.251. The van der Waals surface area contributed by atoms with Gasteiger partial charge in [-0.05, 0) is 24.6 Å². The highest BCUT2D eigenvalue weighted by Crippen LogP contribution is 2.13. The quantitative estimate of drug-likeness (QED) is 0.855. The first-order valence-electron chi connectivity index (χ1n) is 5.88. The summed E-state index contributed by atoms with van der Waals surface area (Å²) in [6.45, 7) is 5.53. The van der Waals surface area contributed by atoms with Gasteiger partial charge in [0.2, 0.25) is 0 Å². The third-order valence-electron chi connectivity index (χ3n) is 2.93. The van der Waals surface area contributed by atoms with E-state index >= 15 is 0 Å². The summed E-state index contributed by atoms with van der Waals surface area (Å²) in [5, 5.41) is 10.9. The highest BCUT2D eigenvalue weighted by molar-refractivity contribution is 5.32. The van der Waals surface area contributed by atoms with E-state index in [0.717, 1.165) is 26.3 Å². The number of nitrogens with zero attached hydrogens (tertiary/aromatic N) is 2. The van der Waals surface area contributed by atoms with Crippen LogP contribution in [0.3, 0.4) is 0 Å². The Morgan fingerprint density at radius 1 is 1.29 bits per heavy atom. The van der Waals surface area contributed by atoms with Crippen LogP contribution in [0, 0.1) is 11.3 Å². The molecule has 1 aromatic carbocycles. The predicted molar refractivity (Wildman–Crippen MR) is 65.1 cm³/mol. The number of nitrogens with one attached hydrogen (secondary N) is 1. The molecule has 0 radical (unpaired) electrons. The van der Waals surface area contributed by atoms with Gasteiger partial charge < -0.3 is 4.74 Å². The number of nitriles is 1. The third kappa shape index (κ3) is 3.27. The average Bonchev–Trinajstić information content (AvgIpc) is 2.40. The van der Waals surface area contributed by atoms with E-state index in [1.165, 1.54) is 5.56 Å². The molecule has 0 saturated carbocycles. The van der Waals surface area contributed by atoms with Gasteiger partial charge >= 0.3 is 0 Å². The lowest BCUT2D eigenvalue weighted by Gasteiger charge is -2.30. The Kier molecular flexibility index (Phi) is 4.10. The molecule has 0 aliphatic carbocycles. The van der Waals surface area contributed by atoms with Crippen molar-refractivity contribution in [3.05, 3.63) is 35.4 Å². The fourth-order valence-electron chi connectivity index (χ4n) is 1.89. The van der Waals surface area contributed by atoms with E-state index in [-0.39, 0.29) is 6.04 Å². The Bertz CT molecular complexity index is 390. The van der Waals surface area contributed by atoms with Crippen molar-refractivity contribution in [3.8, 4) is 6.07 Å². The molecule has 0 bridgehead atoms. The highest BCUT2D eigenvalue weighted by atomic mass is 16.5. The van der Waals surface area contributed by atoms with Crippen LogP contribution in [0.2, 0.25) is 0 Å². The predicted octanol–water partition coefficient (Wildman–Crippen LogP) is 1.46. The van der Waals surface area contributed by atoms with E-state index in [4.69, 9.17) is 10.00 Å². The highest BCUT2D eigenvalue weighted by Gasteiger charge is 2.13. The lowest BCUT2D eigenvalue weighted by molar-refractivity contribution is 0.00484. The second-order valence-corrected chi connectivity index (χ2v) is 4.18. The Balaban J connectivity index is 1.94. The molecule has 1 N–H and O–H groups in total.